The number of carbonyl (C=O) groups excluding carboxylic acids is 2. The van der Waals surface area contributed by atoms with E-state index >= 15 is 0 Å². The first-order valence-corrected chi connectivity index (χ1v) is 7.18. The molecule has 6 nitrogen and oxygen atoms in total. The van der Waals surface area contributed by atoms with Gasteiger partial charge in [-0.25, -0.2) is 0 Å². The van der Waals surface area contributed by atoms with Gasteiger partial charge in [0.2, 0.25) is 11.0 Å². The van der Waals surface area contributed by atoms with E-state index in [2.05, 4.69) is 21.9 Å². The van der Waals surface area contributed by atoms with Crippen LogP contribution in [-0.2, 0) is 20.7 Å². The van der Waals surface area contributed by atoms with E-state index in [1.54, 1.807) is 0 Å². The van der Waals surface area contributed by atoms with Crippen LogP contribution in [-0.4, -0.2) is 35.7 Å². The normalized spacial score (nSPS) is 18.9. The molecular weight excluding hydrogens is 266 g/mol. The van der Waals surface area contributed by atoms with Crippen LogP contribution in [0.5, 0.6) is 0 Å². The largest absolute Gasteiger partial charge is 0.469 e. The molecule has 2 rings (SSSR count). The second-order valence-electron chi connectivity index (χ2n) is 4.51. The third-order valence-electron chi connectivity index (χ3n) is 3.09. The molecule has 0 bridgehead atoms. The molecule has 1 amide bonds. The highest BCUT2D eigenvalue weighted by atomic mass is 32.1. The molecule has 104 valence electrons. The molecule has 1 unspecified atom stereocenters. The second kappa shape index (κ2) is 6.10. The number of nitrogens with zero attached hydrogens (tertiary/aromatic N) is 3. The number of ether oxygens (including phenoxy) is 1. The smallest absolute Gasteiger partial charge is 0.311 e. The molecule has 0 aliphatic carbocycles. The molecule has 1 aliphatic rings. The van der Waals surface area contributed by atoms with Gasteiger partial charge in [0.05, 0.1) is 13.0 Å². The lowest BCUT2D eigenvalue weighted by Gasteiger charge is -2.11. The van der Waals surface area contributed by atoms with Gasteiger partial charge in [0, 0.05) is 19.4 Å². The Kier molecular flexibility index (Phi) is 4.47. The van der Waals surface area contributed by atoms with Crippen LogP contribution in [0.15, 0.2) is 0 Å². The van der Waals surface area contributed by atoms with Crippen LogP contribution in [0.3, 0.4) is 0 Å². The Bertz CT molecular complexity index is 475. The zero-order chi connectivity index (χ0) is 13.8. The summed E-state index contributed by atoms with van der Waals surface area (Å²) in [5, 5.41) is 9.65. The zero-order valence-corrected chi connectivity index (χ0v) is 11.9. The zero-order valence-electron chi connectivity index (χ0n) is 11.1. The fourth-order valence-corrected chi connectivity index (χ4v) is 2.91. The Hall–Kier alpha value is -1.50. The average molecular weight is 283 g/mol. The fraction of sp³-hybridized carbons (Fsp3) is 0.667. The molecule has 0 aromatic carbocycles. The van der Waals surface area contributed by atoms with Gasteiger partial charge in [-0.3, -0.25) is 14.5 Å². The van der Waals surface area contributed by atoms with Crippen molar-refractivity contribution in [3.8, 4) is 0 Å². The number of carbonyl (C=O) groups is 2. The number of amides is 1. The minimum atomic E-state index is -0.388. The number of methoxy groups -OCH3 is 1. The summed E-state index contributed by atoms with van der Waals surface area (Å²) in [6.45, 7) is 2.46. The molecule has 2 heterocycles. The second-order valence-corrected chi connectivity index (χ2v) is 5.55. The molecule has 1 fully saturated rings. The molecule has 1 aliphatic heterocycles. The molecule has 7 heteroatoms. The minimum absolute atomic E-state index is 0.0893. The summed E-state index contributed by atoms with van der Waals surface area (Å²) in [6.07, 6.45) is 3.24. The topological polar surface area (TPSA) is 72.4 Å². The maximum atomic E-state index is 11.9. The number of rotatable bonds is 5. The van der Waals surface area contributed by atoms with Crippen molar-refractivity contribution >= 4 is 28.3 Å². The maximum absolute atomic E-state index is 11.9. The molecule has 19 heavy (non-hydrogen) atoms. The van der Waals surface area contributed by atoms with E-state index in [0.29, 0.717) is 11.7 Å². The predicted octanol–water partition coefficient (Wildman–Crippen LogP) is 1.41. The third kappa shape index (κ3) is 3.09. The Morgan fingerprint density at radius 1 is 1.53 bits per heavy atom. The highest BCUT2D eigenvalue weighted by Crippen LogP contribution is 2.28. The number of esters is 1. The summed E-state index contributed by atoms with van der Waals surface area (Å²) in [6, 6.07) is 0. The van der Waals surface area contributed by atoms with Crippen molar-refractivity contribution in [3.05, 3.63) is 5.01 Å². The molecule has 1 saturated heterocycles. The Labute approximate surface area is 115 Å². The van der Waals surface area contributed by atoms with Crippen LogP contribution in [0.25, 0.3) is 0 Å². The van der Waals surface area contributed by atoms with Gasteiger partial charge in [-0.1, -0.05) is 24.7 Å². The van der Waals surface area contributed by atoms with Crippen LogP contribution in [0.1, 0.15) is 31.2 Å². The van der Waals surface area contributed by atoms with Gasteiger partial charge in [0.15, 0.2) is 0 Å². The lowest BCUT2D eigenvalue weighted by atomic mass is 10.1. The molecular formula is C12H17N3O3S. The number of hydrogen-bond acceptors (Lipinski definition) is 6. The van der Waals surface area contributed by atoms with E-state index < -0.39 is 0 Å². The van der Waals surface area contributed by atoms with Crippen LogP contribution in [0.4, 0.5) is 5.13 Å². The Morgan fingerprint density at radius 2 is 2.32 bits per heavy atom. The third-order valence-corrected chi connectivity index (χ3v) is 4.10. The number of unbranched alkanes of at least 4 members (excludes halogenated alkanes) is 1. The lowest BCUT2D eigenvalue weighted by molar-refractivity contribution is -0.145. The summed E-state index contributed by atoms with van der Waals surface area (Å²) < 4.78 is 4.67. The number of aromatic nitrogens is 2. The van der Waals surface area contributed by atoms with Crippen LogP contribution >= 0.6 is 11.3 Å². The molecule has 0 saturated carbocycles. The van der Waals surface area contributed by atoms with Gasteiger partial charge in [0.25, 0.3) is 0 Å². The maximum Gasteiger partial charge on any atom is 0.311 e. The van der Waals surface area contributed by atoms with E-state index in [1.807, 2.05) is 0 Å². The van der Waals surface area contributed by atoms with Gasteiger partial charge < -0.3 is 4.74 Å². The van der Waals surface area contributed by atoms with Crippen molar-refractivity contribution in [1.29, 1.82) is 0 Å². The molecule has 0 radical (unpaired) electrons. The van der Waals surface area contributed by atoms with E-state index in [0.717, 1.165) is 24.3 Å². The predicted molar refractivity (Wildman–Crippen MR) is 71.0 cm³/mol. The fourth-order valence-electron chi connectivity index (χ4n) is 2.00. The highest BCUT2D eigenvalue weighted by Gasteiger charge is 2.37. The summed E-state index contributed by atoms with van der Waals surface area (Å²) in [5.74, 6) is -0.819. The van der Waals surface area contributed by atoms with E-state index in [1.165, 1.54) is 23.3 Å². The minimum Gasteiger partial charge on any atom is -0.469 e. The number of anilines is 1. The highest BCUT2D eigenvalue weighted by molar-refractivity contribution is 7.15. The molecule has 0 N–H and O–H groups in total. The van der Waals surface area contributed by atoms with E-state index in [-0.39, 0.29) is 24.2 Å². The standard InChI is InChI=1S/C12H17N3O3S/c1-3-4-5-9-13-14-12(19-9)15-7-8(6-10(15)16)11(17)18-2/h8H,3-7H2,1-2H3. The lowest BCUT2D eigenvalue weighted by Crippen LogP contribution is -2.26. The number of hydrogen-bond donors (Lipinski definition) is 0. The average Bonchev–Trinajstić information content (AvgIpc) is 3.01. The monoisotopic (exact) mass is 283 g/mol. The Morgan fingerprint density at radius 3 is 3.00 bits per heavy atom. The van der Waals surface area contributed by atoms with Crippen molar-refractivity contribution < 1.29 is 14.3 Å². The van der Waals surface area contributed by atoms with E-state index in [9.17, 15) is 9.59 Å². The van der Waals surface area contributed by atoms with Gasteiger partial charge in [-0.2, -0.15) is 0 Å². The van der Waals surface area contributed by atoms with Crippen molar-refractivity contribution in [2.45, 2.75) is 32.6 Å². The van der Waals surface area contributed by atoms with Crippen molar-refractivity contribution in [1.82, 2.24) is 10.2 Å². The first kappa shape index (κ1) is 13.9. The summed E-state index contributed by atoms with van der Waals surface area (Å²) in [5.41, 5.74) is 0. The van der Waals surface area contributed by atoms with Crippen molar-refractivity contribution in [3.63, 3.8) is 0 Å². The van der Waals surface area contributed by atoms with Gasteiger partial charge in [-0.05, 0) is 6.42 Å². The van der Waals surface area contributed by atoms with Gasteiger partial charge in [0.1, 0.15) is 5.01 Å². The Balaban J connectivity index is 2.03. The van der Waals surface area contributed by atoms with Crippen LogP contribution < -0.4 is 4.90 Å². The van der Waals surface area contributed by atoms with Crippen molar-refractivity contribution in [2.24, 2.45) is 5.92 Å². The summed E-state index contributed by atoms with van der Waals surface area (Å²) in [7, 11) is 1.34. The molecule has 1 aromatic rings. The quantitative estimate of drug-likeness (QED) is 0.764. The van der Waals surface area contributed by atoms with Crippen LogP contribution in [0.2, 0.25) is 0 Å². The van der Waals surface area contributed by atoms with Gasteiger partial charge in [-0.15, -0.1) is 10.2 Å². The van der Waals surface area contributed by atoms with Crippen molar-refractivity contribution in [2.75, 3.05) is 18.6 Å². The van der Waals surface area contributed by atoms with E-state index in [4.69, 9.17) is 0 Å². The first-order valence-electron chi connectivity index (χ1n) is 6.36. The summed E-state index contributed by atoms with van der Waals surface area (Å²) in [4.78, 5) is 24.9. The molecule has 1 aromatic heterocycles. The number of aryl methyl sites for hydroxylation is 1. The molecule has 1 atom stereocenters. The molecule has 0 spiro atoms. The van der Waals surface area contributed by atoms with Gasteiger partial charge >= 0.3 is 5.97 Å². The first-order chi connectivity index (χ1) is 9.15. The van der Waals surface area contributed by atoms with Crippen LogP contribution in [0, 0.1) is 5.92 Å². The summed E-state index contributed by atoms with van der Waals surface area (Å²) >= 11 is 1.43. The SMILES string of the molecule is CCCCc1nnc(N2CC(C(=O)OC)CC2=O)s1.